The number of anilines is 1. The Morgan fingerprint density at radius 3 is 2.33 bits per heavy atom. The van der Waals surface area contributed by atoms with Crippen LogP contribution in [0.1, 0.15) is 11.6 Å². The van der Waals surface area contributed by atoms with Crippen LogP contribution in [0.15, 0.2) is 42.5 Å². The summed E-state index contributed by atoms with van der Waals surface area (Å²) in [6, 6.07) is 13.7. The summed E-state index contributed by atoms with van der Waals surface area (Å²) in [6.45, 7) is 3.36. The fourth-order valence-electron chi connectivity index (χ4n) is 3.16. The maximum absolute atomic E-state index is 9.26. The zero-order chi connectivity index (χ0) is 17.1. The standard InChI is InChI=1S/C18H19Cl3N2O/c19-14-3-1-13(2-4-14)18-12-22(9-10-24)7-8-23(18)17-6-5-15(20)11-16(17)21/h1-6,11,18,24H,7-10,12H2/t18-/m0/s1. The molecular formula is C18H19Cl3N2O. The number of hydrogen-bond acceptors (Lipinski definition) is 3. The summed E-state index contributed by atoms with van der Waals surface area (Å²) < 4.78 is 0. The number of aliphatic hydroxyl groups excluding tert-OH is 1. The molecule has 0 aliphatic carbocycles. The van der Waals surface area contributed by atoms with Crippen LogP contribution in [-0.4, -0.2) is 42.8 Å². The molecule has 3 nitrogen and oxygen atoms in total. The van der Waals surface area contributed by atoms with E-state index in [1.807, 2.05) is 36.4 Å². The van der Waals surface area contributed by atoms with E-state index in [1.165, 1.54) is 5.56 Å². The summed E-state index contributed by atoms with van der Waals surface area (Å²) in [5.74, 6) is 0. The van der Waals surface area contributed by atoms with Crippen LogP contribution in [0.3, 0.4) is 0 Å². The first-order chi connectivity index (χ1) is 11.6. The van der Waals surface area contributed by atoms with Crippen LogP contribution in [0.2, 0.25) is 15.1 Å². The minimum Gasteiger partial charge on any atom is -0.395 e. The van der Waals surface area contributed by atoms with Gasteiger partial charge in [-0.3, -0.25) is 4.90 Å². The van der Waals surface area contributed by atoms with Gasteiger partial charge >= 0.3 is 0 Å². The van der Waals surface area contributed by atoms with Crippen molar-refractivity contribution in [2.24, 2.45) is 0 Å². The van der Waals surface area contributed by atoms with E-state index in [1.54, 1.807) is 6.07 Å². The molecule has 1 fully saturated rings. The number of halogens is 3. The van der Waals surface area contributed by atoms with Gasteiger partial charge in [0.2, 0.25) is 0 Å². The summed E-state index contributed by atoms with van der Waals surface area (Å²) in [4.78, 5) is 4.56. The molecule has 1 N–H and O–H groups in total. The Labute approximate surface area is 157 Å². The van der Waals surface area contributed by atoms with Gasteiger partial charge in [-0.25, -0.2) is 0 Å². The molecule has 0 bridgehead atoms. The average molecular weight is 386 g/mol. The van der Waals surface area contributed by atoms with Crippen molar-refractivity contribution in [3.63, 3.8) is 0 Å². The van der Waals surface area contributed by atoms with E-state index in [0.29, 0.717) is 16.6 Å². The van der Waals surface area contributed by atoms with Gasteiger partial charge in [-0.1, -0.05) is 46.9 Å². The van der Waals surface area contributed by atoms with Crippen LogP contribution >= 0.6 is 34.8 Å². The van der Waals surface area contributed by atoms with Gasteiger partial charge in [0, 0.05) is 36.2 Å². The largest absolute Gasteiger partial charge is 0.395 e. The molecule has 1 heterocycles. The summed E-state index contributed by atoms with van der Waals surface area (Å²) >= 11 is 18.5. The predicted molar refractivity (Wildman–Crippen MR) is 102 cm³/mol. The minimum atomic E-state index is 0.140. The first-order valence-corrected chi connectivity index (χ1v) is 9.02. The first kappa shape index (κ1) is 17.8. The van der Waals surface area contributed by atoms with Crippen molar-refractivity contribution in [3.05, 3.63) is 63.1 Å². The Balaban J connectivity index is 1.94. The van der Waals surface area contributed by atoms with Crippen molar-refractivity contribution in [1.82, 2.24) is 4.90 Å². The van der Waals surface area contributed by atoms with E-state index >= 15 is 0 Å². The molecule has 6 heteroatoms. The molecule has 0 unspecified atom stereocenters. The molecule has 0 aromatic heterocycles. The van der Waals surface area contributed by atoms with Gasteiger partial charge in [0.1, 0.15) is 0 Å². The van der Waals surface area contributed by atoms with E-state index in [-0.39, 0.29) is 12.6 Å². The number of aliphatic hydroxyl groups is 1. The highest BCUT2D eigenvalue weighted by Crippen LogP contribution is 2.36. The average Bonchev–Trinajstić information content (AvgIpc) is 2.56. The van der Waals surface area contributed by atoms with Crippen LogP contribution in [0.4, 0.5) is 5.69 Å². The number of piperazine rings is 1. The SMILES string of the molecule is OCCN1CCN(c2ccc(Cl)cc2Cl)[C@H](c2ccc(Cl)cc2)C1. The van der Waals surface area contributed by atoms with Crippen LogP contribution in [0.5, 0.6) is 0 Å². The molecule has 1 atom stereocenters. The Kier molecular flexibility index (Phi) is 5.90. The summed E-state index contributed by atoms with van der Waals surface area (Å²) in [7, 11) is 0. The fraction of sp³-hybridized carbons (Fsp3) is 0.333. The first-order valence-electron chi connectivity index (χ1n) is 7.89. The molecule has 128 valence electrons. The van der Waals surface area contributed by atoms with Crippen LogP contribution < -0.4 is 4.90 Å². The molecule has 24 heavy (non-hydrogen) atoms. The predicted octanol–water partition coefficient (Wildman–Crippen LogP) is 4.50. The zero-order valence-corrected chi connectivity index (χ0v) is 15.4. The summed E-state index contributed by atoms with van der Waals surface area (Å²) in [6.07, 6.45) is 0. The third-order valence-electron chi connectivity index (χ3n) is 4.35. The van der Waals surface area contributed by atoms with E-state index < -0.39 is 0 Å². The number of β-amino-alcohol motifs (C(OH)–C–C–N with tert-alkyl or cyclic N) is 1. The number of hydrogen-bond donors (Lipinski definition) is 1. The number of benzene rings is 2. The Bertz CT molecular complexity index is 693. The highest BCUT2D eigenvalue weighted by molar-refractivity contribution is 6.36. The van der Waals surface area contributed by atoms with Gasteiger partial charge in [0.25, 0.3) is 0 Å². The van der Waals surface area contributed by atoms with Gasteiger partial charge in [-0.15, -0.1) is 0 Å². The molecule has 2 aromatic carbocycles. The molecule has 0 spiro atoms. The lowest BCUT2D eigenvalue weighted by molar-refractivity contribution is 0.171. The van der Waals surface area contributed by atoms with Crippen molar-refractivity contribution < 1.29 is 5.11 Å². The molecule has 1 saturated heterocycles. The lowest BCUT2D eigenvalue weighted by Gasteiger charge is -2.43. The lowest BCUT2D eigenvalue weighted by atomic mass is 10.0. The van der Waals surface area contributed by atoms with Gasteiger partial charge < -0.3 is 10.0 Å². The Morgan fingerprint density at radius 2 is 1.67 bits per heavy atom. The number of rotatable bonds is 4. The zero-order valence-electron chi connectivity index (χ0n) is 13.1. The molecule has 0 amide bonds. The Hall–Kier alpha value is -0.970. The van der Waals surface area contributed by atoms with Gasteiger partial charge in [-0.05, 0) is 35.9 Å². The minimum absolute atomic E-state index is 0.140. The fourth-order valence-corrected chi connectivity index (χ4v) is 3.80. The van der Waals surface area contributed by atoms with Crippen molar-refractivity contribution >= 4 is 40.5 Å². The second kappa shape index (κ2) is 7.94. The monoisotopic (exact) mass is 384 g/mol. The van der Waals surface area contributed by atoms with Crippen LogP contribution in [-0.2, 0) is 0 Å². The summed E-state index contributed by atoms with van der Waals surface area (Å²) in [5, 5.41) is 11.3. The molecular weight excluding hydrogens is 367 g/mol. The second-order valence-corrected chi connectivity index (χ2v) is 7.16. The maximum Gasteiger partial charge on any atom is 0.0670 e. The summed E-state index contributed by atoms with van der Waals surface area (Å²) in [5.41, 5.74) is 2.15. The van der Waals surface area contributed by atoms with E-state index in [2.05, 4.69) is 9.80 Å². The molecule has 0 saturated carbocycles. The van der Waals surface area contributed by atoms with Crippen molar-refractivity contribution in [3.8, 4) is 0 Å². The van der Waals surface area contributed by atoms with Crippen LogP contribution in [0, 0.1) is 0 Å². The second-order valence-electron chi connectivity index (χ2n) is 5.88. The number of nitrogens with zero attached hydrogens (tertiary/aromatic N) is 2. The highest BCUT2D eigenvalue weighted by atomic mass is 35.5. The smallest absolute Gasteiger partial charge is 0.0670 e. The molecule has 3 rings (SSSR count). The normalized spacial score (nSPS) is 18.8. The van der Waals surface area contributed by atoms with E-state index in [9.17, 15) is 5.11 Å². The van der Waals surface area contributed by atoms with Gasteiger partial charge in [-0.2, -0.15) is 0 Å². The lowest BCUT2D eigenvalue weighted by Crippen LogP contribution is -2.49. The quantitative estimate of drug-likeness (QED) is 0.839. The third kappa shape index (κ3) is 3.98. The highest BCUT2D eigenvalue weighted by Gasteiger charge is 2.29. The van der Waals surface area contributed by atoms with Gasteiger partial charge in [0.15, 0.2) is 0 Å². The van der Waals surface area contributed by atoms with E-state index in [4.69, 9.17) is 34.8 Å². The van der Waals surface area contributed by atoms with Crippen molar-refractivity contribution in [2.45, 2.75) is 6.04 Å². The topological polar surface area (TPSA) is 26.7 Å². The molecule has 0 radical (unpaired) electrons. The Morgan fingerprint density at radius 1 is 0.958 bits per heavy atom. The van der Waals surface area contributed by atoms with E-state index in [0.717, 1.165) is 30.3 Å². The maximum atomic E-state index is 9.26. The molecule has 1 aliphatic rings. The molecule has 2 aromatic rings. The van der Waals surface area contributed by atoms with Crippen molar-refractivity contribution in [2.75, 3.05) is 37.7 Å². The van der Waals surface area contributed by atoms with Crippen LogP contribution in [0.25, 0.3) is 0 Å². The van der Waals surface area contributed by atoms with Gasteiger partial charge in [0.05, 0.1) is 23.4 Å². The van der Waals surface area contributed by atoms with Crippen molar-refractivity contribution in [1.29, 1.82) is 0 Å². The third-order valence-corrected chi connectivity index (χ3v) is 5.14. The molecule has 1 aliphatic heterocycles.